The molecule has 394 valence electrons. The van der Waals surface area contributed by atoms with Crippen molar-refractivity contribution in [1.82, 2.24) is 9.55 Å². The van der Waals surface area contributed by atoms with Gasteiger partial charge in [-0.05, 0) is 127 Å². The largest absolute Gasteiger partial charge is 0.341 e. The number of hydrogen-bond donors (Lipinski definition) is 0. The van der Waals surface area contributed by atoms with Crippen LogP contribution in [-0.4, -0.2) is 37.7 Å². The van der Waals surface area contributed by atoms with Crippen LogP contribution in [0.3, 0.4) is 0 Å². The van der Waals surface area contributed by atoms with Crippen molar-refractivity contribution in [2.75, 3.05) is 67.4 Å². The van der Waals surface area contributed by atoms with Crippen LogP contribution in [0.15, 0.2) is 249 Å². The summed E-state index contributed by atoms with van der Waals surface area (Å²) >= 11 is 0. The van der Waals surface area contributed by atoms with E-state index >= 15 is 0 Å². The Kier molecular flexibility index (Phi) is 10.5. The Morgan fingerprint density at radius 3 is 0.927 bits per heavy atom. The summed E-state index contributed by atoms with van der Waals surface area (Å²) in [7, 11) is 10.9. The number of fused-ring (bicyclic) bond motifs is 9. The zero-order chi connectivity index (χ0) is 54.9. The van der Waals surface area contributed by atoms with Crippen LogP contribution in [0.2, 0.25) is 0 Å². The third-order valence-electron chi connectivity index (χ3n) is 17.2. The van der Waals surface area contributed by atoms with E-state index in [-0.39, 0.29) is 0 Å². The minimum absolute atomic E-state index is 0.895. The highest BCUT2D eigenvalue weighted by atomic mass is 15.4. The second kappa shape index (κ2) is 18.2. The van der Waals surface area contributed by atoms with Crippen LogP contribution < -0.4 is 39.2 Å². The maximum Gasteiger partial charge on any atom is 0.140 e. The smallest absolute Gasteiger partial charge is 0.140 e. The third-order valence-corrected chi connectivity index (χ3v) is 17.2. The lowest BCUT2D eigenvalue weighted by Gasteiger charge is -2.48. The Morgan fingerprint density at radius 2 is 0.549 bits per heavy atom. The van der Waals surface area contributed by atoms with Crippen LogP contribution in [0.25, 0.3) is 33.5 Å². The highest BCUT2D eigenvalue weighted by molar-refractivity contribution is 6.19. The second-order valence-electron chi connectivity index (χ2n) is 21.5. The normalized spacial score (nSPS) is 13.7. The molecule has 10 heteroatoms. The fraction of sp³-hybridized carbons (Fsp3) is 0.0694. The van der Waals surface area contributed by atoms with E-state index in [9.17, 15) is 0 Å². The van der Waals surface area contributed by atoms with Gasteiger partial charge in [0.05, 0.1) is 125 Å². The molecular formula is C72H56N10. The molecule has 4 aliphatic heterocycles. The molecule has 0 spiro atoms. The number of aromatic nitrogens is 2. The van der Waals surface area contributed by atoms with E-state index in [1.807, 2.05) is 0 Å². The van der Waals surface area contributed by atoms with Crippen molar-refractivity contribution in [2.45, 2.75) is 0 Å². The molecule has 16 rings (SSSR count). The van der Waals surface area contributed by atoms with E-state index in [1.54, 1.807) is 0 Å². The minimum atomic E-state index is 0.895. The second-order valence-corrected chi connectivity index (χ2v) is 21.5. The van der Waals surface area contributed by atoms with Gasteiger partial charge in [-0.2, -0.15) is 0 Å². The fourth-order valence-corrected chi connectivity index (χ4v) is 13.4. The van der Waals surface area contributed by atoms with Crippen molar-refractivity contribution in [3.8, 4) is 22.5 Å². The number of rotatable bonds is 6. The van der Waals surface area contributed by atoms with E-state index in [0.29, 0.717) is 0 Å². The molecule has 0 saturated carbocycles. The first kappa shape index (κ1) is 47.3. The monoisotopic (exact) mass is 1060 g/mol. The number of hydrogen-bond acceptors (Lipinski definition) is 9. The number of para-hydroxylation sites is 18. The van der Waals surface area contributed by atoms with Gasteiger partial charge in [0, 0.05) is 46.4 Å². The van der Waals surface area contributed by atoms with E-state index in [1.165, 1.54) is 0 Å². The fourth-order valence-electron chi connectivity index (χ4n) is 13.4. The molecule has 11 aromatic carbocycles. The summed E-state index contributed by atoms with van der Waals surface area (Å²) in [5.41, 5.74) is 26.3. The van der Waals surface area contributed by atoms with Crippen LogP contribution in [0.4, 0.5) is 114 Å². The van der Waals surface area contributed by atoms with E-state index in [0.717, 1.165) is 147 Å². The van der Waals surface area contributed by atoms with Gasteiger partial charge in [0.2, 0.25) is 0 Å². The zero-order valence-electron chi connectivity index (χ0n) is 46.1. The van der Waals surface area contributed by atoms with Crippen LogP contribution in [0.5, 0.6) is 0 Å². The standard InChI is InChI=1S/C72H56N10/c1-74-52-29-8-16-37-60(52)79(61-38-17-9-30-53(61)74)68-46-49(47-25-24-26-48(45-47)72-73-50-27-6-7-28-51(50)78(72)5)69(80-62-39-18-10-31-54(62)75(2)55-32-11-19-40-63(55)80)71(82-66-43-22-14-35-58(66)77(4)59-36-15-23-44-67(59)82)70(68)81-64-41-20-12-33-56(64)76(3)57-34-13-21-42-65(57)81/h6-46H,1-5H3. The summed E-state index contributed by atoms with van der Waals surface area (Å²) < 4.78 is 2.22. The lowest BCUT2D eigenvalue weighted by molar-refractivity contribution is 0.959. The van der Waals surface area contributed by atoms with Gasteiger partial charge in [0.1, 0.15) is 5.82 Å². The highest BCUT2D eigenvalue weighted by Crippen LogP contribution is 2.68. The molecule has 82 heavy (non-hydrogen) atoms. The number of anilines is 20. The molecule has 0 radical (unpaired) electrons. The average molecular weight is 1060 g/mol. The molecule has 0 bridgehead atoms. The molecule has 0 amide bonds. The molecular weight excluding hydrogens is 1000 g/mol. The number of imidazole rings is 1. The Hall–Kier alpha value is -10.7. The van der Waals surface area contributed by atoms with Crippen molar-refractivity contribution < 1.29 is 0 Å². The van der Waals surface area contributed by atoms with Crippen LogP contribution in [0.1, 0.15) is 0 Å². The molecule has 1 aromatic heterocycles. The summed E-state index contributed by atoms with van der Waals surface area (Å²) in [6.07, 6.45) is 0. The molecule has 4 aliphatic rings. The Bertz CT molecular complexity index is 4390. The number of benzene rings is 11. The maximum atomic E-state index is 5.33. The van der Waals surface area contributed by atoms with Crippen molar-refractivity contribution in [3.05, 3.63) is 249 Å². The van der Waals surface area contributed by atoms with Crippen LogP contribution in [-0.2, 0) is 7.05 Å². The molecule has 0 atom stereocenters. The Morgan fingerprint density at radius 1 is 0.244 bits per heavy atom. The molecule has 5 heterocycles. The molecule has 12 aromatic rings. The summed E-state index contributed by atoms with van der Waals surface area (Å²) in [5, 5.41) is 0. The van der Waals surface area contributed by atoms with Crippen molar-refractivity contribution in [3.63, 3.8) is 0 Å². The topological polar surface area (TPSA) is 43.7 Å². The van der Waals surface area contributed by atoms with Crippen LogP contribution >= 0.6 is 0 Å². The van der Waals surface area contributed by atoms with E-state index < -0.39 is 0 Å². The van der Waals surface area contributed by atoms with Crippen molar-refractivity contribution in [2.24, 2.45) is 7.05 Å². The zero-order valence-corrected chi connectivity index (χ0v) is 46.1. The number of nitrogens with zero attached hydrogens (tertiary/aromatic N) is 10. The van der Waals surface area contributed by atoms with Gasteiger partial charge >= 0.3 is 0 Å². The predicted octanol–water partition coefficient (Wildman–Crippen LogP) is 19.1. The van der Waals surface area contributed by atoms with Gasteiger partial charge in [-0.3, -0.25) is 0 Å². The van der Waals surface area contributed by atoms with Gasteiger partial charge in [-0.15, -0.1) is 0 Å². The average Bonchev–Trinajstić information content (AvgIpc) is 3.37. The first-order chi connectivity index (χ1) is 40.3. The molecule has 10 nitrogen and oxygen atoms in total. The van der Waals surface area contributed by atoms with E-state index in [4.69, 9.17) is 4.98 Å². The Balaban J connectivity index is 1.16. The summed E-state index contributed by atoms with van der Waals surface area (Å²) in [4.78, 5) is 24.9. The first-order valence-corrected chi connectivity index (χ1v) is 27.9. The SMILES string of the molecule is CN1c2ccccc2N(c2cc(-c3cccc(-c4nc5ccccc5n4C)c3)c(N3c4ccccc4N(C)c4ccccc43)c(N3c4ccccc4N(C)c4ccccc43)c2N2c3ccccc3N(C)c3ccccc32)c2ccccc21. The van der Waals surface area contributed by atoms with Gasteiger partial charge in [0.15, 0.2) is 0 Å². The molecule has 0 aliphatic carbocycles. The predicted molar refractivity (Wildman–Crippen MR) is 343 cm³/mol. The quantitative estimate of drug-likeness (QED) is 0.162. The summed E-state index contributed by atoms with van der Waals surface area (Å²) in [5.74, 6) is 0.895. The van der Waals surface area contributed by atoms with Gasteiger partial charge in [-0.1, -0.05) is 127 Å². The first-order valence-electron chi connectivity index (χ1n) is 27.9. The highest BCUT2D eigenvalue weighted by Gasteiger charge is 2.43. The number of aryl methyl sites for hydroxylation is 1. The van der Waals surface area contributed by atoms with Crippen molar-refractivity contribution in [1.29, 1.82) is 0 Å². The molecule has 0 saturated heterocycles. The maximum absolute atomic E-state index is 5.33. The molecule has 0 unspecified atom stereocenters. The minimum Gasteiger partial charge on any atom is -0.341 e. The Labute approximate surface area is 477 Å². The van der Waals surface area contributed by atoms with Gasteiger partial charge in [-0.25, -0.2) is 4.98 Å². The van der Waals surface area contributed by atoms with Gasteiger partial charge in [0.25, 0.3) is 0 Å². The van der Waals surface area contributed by atoms with E-state index in [2.05, 4.69) is 328 Å². The van der Waals surface area contributed by atoms with Crippen molar-refractivity contribution >= 4 is 125 Å². The lowest BCUT2D eigenvalue weighted by atomic mass is 9.92. The lowest BCUT2D eigenvalue weighted by Crippen LogP contribution is -2.32. The van der Waals surface area contributed by atoms with Gasteiger partial charge < -0.3 is 43.8 Å². The summed E-state index contributed by atoms with van der Waals surface area (Å²) in [6.45, 7) is 0. The molecule has 0 fully saturated rings. The summed E-state index contributed by atoms with van der Waals surface area (Å²) in [6, 6.07) is 91.1. The molecule has 0 N–H and O–H groups in total. The third kappa shape index (κ3) is 6.78. The van der Waals surface area contributed by atoms with Crippen LogP contribution in [0, 0.1) is 0 Å².